The normalized spacial score (nSPS) is 13.4. The maximum Gasteiger partial charge on any atom is 0.141 e. The van der Waals surface area contributed by atoms with Gasteiger partial charge in [-0.05, 0) is 99.1 Å². The van der Waals surface area contributed by atoms with Crippen LogP contribution in [0.4, 0.5) is 0 Å². The molecule has 1 aliphatic rings. The summed E-state index contributed by atoms with van der Waals surface area (Å²) >= 11 is 0. The summed E-state index contributed by atoms with van der Waals surface area (Å²) in [7, 11) is 0. The van der Waals surface area contributed by atoms with Gasteiger partial charge >= 0.3 is 0 Å². The van der Waals surface area contributed by atoms with Crippen LogP contribution in [0, 0.1) is 0 Å². The zero-order valence-electron chi connectivity index (χ0n) is 29.4. The molecule has 0 unspecified atom stereocenters. The van der Waals surface area contributed by atoms with Gasteiger partial charge in [0.15, 0.2) is 0 Å². The largest absolute Gasteiger partial charge is 0.324 e. The summed E-state index contributed by atoms with van der Waals surface area (Å²) in [6, 6.07) is 48.9. The minimum Gasteiger partial charge on any atom is -0.324 e. The van der Waals surface area contributed by atoms with E-state index in [9.17, 15) is 0 Å². The second-order valence-electron chi connectivity index (χ2n) is 14.3. The van der Waals surface area contributed by atoms with Crippen molar-refractivity contribution in [1.82, 2.24) is 19.1 Å². The zero-order chi connectivity index (χ0) is 34.4. The Morgan fingerprint density at radius 1 is 0.451 bits per heavy atom. The molecule has 2 aromatic heterocycles. The lowest BCUT2D eigenvalue weighted by Gasteiger charge is -2.22. The molecule has 0 radical (unpaired) electrons. The Hall–Kier alpha value is -6.00. The van der Waals surface area contributed by atoms with Crippen molar-refractivity contribution in [3.63, 3.8) is 0 Å². The van der Waals surface area contributed by atoms with E-state index in [1.807, 2.05) is 0 Å². The highest BCUT2D eigenvalue weighted by atomic mass is 15.1. The van der Waals surface area contributed by atoms with E-state index >= 15 is 0 Å². The molecule has 0 atom stereocenters. The van der Waals surface area contributed by atoms with Gasteiger partial charge in [0.25, 0.3) is 0 Å². The first-order chi connectivity index (χ1) is 25.0. The van der Waals surface area contributed by atoms with Gasteiger partial charge in [-0.25, -0.2) is 9.97 Å². The van der Waals surface area contributed by atoms with Gasteiger partial charge in [0.1, 0.15) is 11.6 Å². The number of fused-ring (bicyclic) bond motifs is 7. The van der Waals surface area contributed by atoms with Gasteiger partial charge in [0.2, 0.25) is 0 Å². The molecule has 0 aliphatic heterocycles. The third-order valence-corrected chi connectivity index (χ3v) is 11.3. The number of para-hydroxylation sites is 4. The van der Waals surface area contributed by atoms with Crippen LogP contribution in [0.5, 0.6) is 0 Å². The van der Waals surface area contributed by atoms with Crippen molar-refractivity contribution in [3.8, 4) is 45.0 Å². The lowest BCUT2D eigenvalue weighted by molar-refractivity contribution is 0.660. The fourth-order valence-electron chi connectivity index (χ4n) is 9.01. The smallest absolute Gasteiger partial charge is 0.141 e. The third-order valence-electron chi connectivity index (χ3n) is 11.3. The van der Waals surface area contributed by atoms with Crippen LogP contribution >= 0.6 is 0 Å². The van der Waals surface area contributed by atoms with E-state index in [1.165, 1.54) is 54.9 Å². The van der Waals surface area contributed by atoms with Gasteiger partial charge in [0, 0.05) is 29.6 Å². The zero-order valence-corrected chi connectivity index (χ0v) is 29.4. The summed E-state index contributed by atoms with van der Waals surface area (Å²) in [6.45, 7) is 10.8. The minimum absolute atomic E-state index is 0.101. The maximum atomic E-state index is 5.28. The summed E-state index contributed by atoms with van der Waals surface area (Å²) in [5.41, 5.74) is 14.5. The van der Waals surface area contributed by atoms with E-state index in [4.69, 9.17) is 9.97 Å². The summed E-state index contributed by atoms with van der Waals surface area (Å²) in [6.07, 6.45) is 0. The van der Waals surface area contributed by atoms with Crippen LogP contribution in [0.1, 0.15) is 38.8 Å². The van der Waals surface area contributed by atoms with E-state index < -0.39 is 0 Å². The lowest BCUT2D eigenvalue weighted by Crippen LogP contribution is -2.14. The molecule has 0 bridgehead atoms. The summed E-state index contributed by atoms with van der Waals surface area (Å²) in [4.78, 5) is 10.6. The van der Waals surface area contributed by atoms with Crippen molar-refractivity contribution in [2.24, 2.45) is 0 Å². The second kappa shape index (κ2) is 11.0. The number of imidazole rings is 2. The van der Waals surface area contributed by atoms with Crippen molar-refractivity contribution in [2.45, 2.75) is 46.2 Å². The molecule has 0 spiro atoms. The van der Waals surface area contributed by atoms with Crippen molar-refractivity contribution < 1.29 is 0 Å². The standard InChI is InChI=1S/C47H38N4/c1-5-50-41-26-11-9-24-39(41)48-45(50)31-19-13-17-29-35(31)28-36-30(18-14-20-32(36)46-49-40-25-10-12-27-42(40)51(46)6-2)43(29)34-21-15-23-38-44(34)33-16-7-8-22-37(33)47(38,3)4/h7-28H,5-6H2,1-4H3. The minimum atomic E-state index is -0.101. The molecule has 10 rings (SSSR count). The Morgan fingerprint density at radius 2 is 0.922 bits per heavy atom. The first kappa shape index (κ1) is 29.9. The van der Waals surface area contributed by atoms with E-state index in [2.05, 4.69) is 170 Å². The van der Waals surface area contributed by atoms with Crippen LogP contribution in [0.3, 0.4) is 0 Å². The molecular formula is C47H38N4. The van der Waals surface area contributed by atoms with E-state index in [1.54, 1.807) is 0 Å². The first-order valence-corrected chi connectivity index (χ1v) is 18.1. The number of nitrogens with zero attached hydrogens (tertiary/aromatic N) is 4. The van der Waals surface area contributed by atoms with Crippen LogP contribution in [0.25, 0.3) is 88.6 Å². The molecule has 1 aliphatic carbocycles. The monoisotopic (exact) mass is 658 g/mol. The predicted molar refractivity (Wildman–Crippen MR) is 213 cm³/mol. The third kappa shape index (κ3) is 4.14. The number of aromatic nitrogens is 4. The van der Waals surface area contributed by atoms with Gasteiger partial charge in [-0.15, -0.1) is 0 Å². The number of rotatable bonds is 5. The summed E-state index contributed by atoms with van der Waals surface area (Å²) in [5.74, 6) is 2.00. The average Bonchev–Trinajstić information content (AvgIpc) is 3.81. The summed E-state index contributed by atoms with van der Waals surface area (Å²) < 4.78 is 4.71. The molecule has 0 N–H and O–H groups in total. The van der Waals surface area contributed by atoms with Crippen LogP contribution in [-0.2, 0) is 18.5 Å². The first-order valence-electron chi connectivity index (χ1n) is 18.1. The molecule has 0 saturated carbocycles. The van der Waals surface area contributed by atoms with Gasteiger partial charge in [-0.1, -0.05) is 117 Å². The fraction of sp³-hybridized carbons (Fsp3) is 0.149. The topological polar surface area (TPSA) is 35.6 Å². The van der Waals surface area contributed by atoms with Crippen molar-refractivity contribution in [3.05, 3.63) is 145 Å². The highest BCUT2D eigenvalue weighted by molar-refractivity contribution is 6.20. The van der Waals surface area contributed by atoms with Crippen LogP contribution in [-0.4, -0.2) is 19.1 Å². The quantitative estimate of drug-likeness (QED) is 0.173. The van der Waals surface area contributed by atoms with Crippen LogP contribution < -0.4 is 0 Å². The number of hydrogen-bond acceptors (Lipinski definition) is 2. The number of benzene rings is 7. The lowest BCUT2D eigenvalue weighted by atomic mass is 9.81. The Balaban J connectivity index is 1.38. The summed E-state index contributed by atoms with van der Waals surface area (Å²) in [5, 5.41) is 4.84. The molecule has 246 valence electrons. The van der Waals surface area contributed by atoms with E-state index in [0.29, 0.717) is 0 Å². The van der Waals surface area contributed by atoms with E-state index in [-0.39, 0.29) is 5.41 Å². The molecule has 0 fully saturated rings. The second-order valence-corrected chi connectivity index (χ2v) is 14.3. The van der Waals surface area contributed by atoms with Crippen molar-refractivity contribution in [1.29, 1.82) is 0 Å². The van der Waals surface area contributed by atoms with Crippen LogP contribution in [0.2, 0.25) is 0 Å². The number of hydrogen-bond donors (Lipinski definition) is 0. The Morgan fingerprint density at radius 3 is 1.51 bits per heavy atom. The molecule has 4 heteroatoms. The average molecular weight is 659 g/mol. The molecule has 51 heavy (non-hydrogen) atoms. The van der Waals surface area contributed by atoms with Crippen LogP contribution in [0.15, 0.2) is 133 Å². The Labute approximate surface area is 297 Å². The Bertz CT molecular complexity index is 2730. The maximum absolute atomic E-state index is 5.28. The SMILES string of the molecule is CCn1c(-c2cccc3c(-c4cccc5c4-c4ccccc4C5(C)C)c4cccc(-c5nc6ccccc6n5CC)c4cc23)nc2ccccc21. The number of aryl methyl sites for hydroxylation is 2. The van der Waals surface area contributed by atoms with Gasteiger partial charge in [-0.2, -0.15) is 0 Å². The predicted octanol–water partition coefficient (Wildman–Crippen LogP) is 12.0. The van der Waals surface area contributed by atoms with E-state index in [0.717, 1.165) is 57.9 Å². The highest BCUT2D eigenvalue weighted by Gasteiger charge is 2.37. The van der Waals surface area contributed by atoms with Gasteiger partial charge in [-0.3, -0.25) is 0 Å². The Kier molecular flexibility index (Phi) is 6.44. The van der Waals surface area contributed by atoms with Gasteiger partial charge < -0.3 is 9.13 Å². The molecule has 0 amide bonds. The molecule has 4 nitrogen and oxygen atoms in total. The molecule has 2 heterocycles. The molecule has 0 saturated heterocycles. The molecule has 9 aromatic rings. The fourth-order valence-corrected chi connectivity index (χ4v) is 9.01. The molecule has 7 aromatic carbocycles. The van der Waals surface area contributed by atoms with Gasteiger partial charge in [0.05, 0.1) is 22.1 Å². The molecular weight excluding hydrogens is 621 g/mol. The van der Waals surface area contributed by atoms with Crippen molar-refractivity contribution in [2.75, 3.05) is 0 Å². The highest BCUT2D eigenvalue weighted by Crippen LogP contribution is 2.54. The van der Waals surface area contributed by atoms with Crippen molar-refractivity contribution >= 4 is 43.6 Å².